The van der Waals surface area contributed by atoms with Gasteiger partial charge in [-0.05, 0) is 48.1 Å². The van der Waals surface area contributed by atoms with Gasteiger partial charge in [0.15, 0.2) is 11.5 Å². The maximum atomic E-state index is 14.0. The minimum Gasteiger partial charge on any atom is -0.493 e. The highest BCUT2D eigenvalue weighted by atomic mass is 16.7. The average molecular weight is 621 g/mol. The van der Waals surface area contributed by atoms with Crippen LogP contribution in [-0.2, 0) is 20.9 Å². The SMILES string of the molecule is CC(C)(C)CC(=O)N[C@@H]1CC[C@H]2CCOc3ccccc3C(=O)N3CCN(Cc4ccc5c(c4)OCO5)C[C@H]3C(=O)NC[C@H]1O2. The number of hydrogen-bond acceptors (Lipinski definition) is 8. The van der Waals surface area contributed by atoms with Gasteiger partial charge in [0.05, 0.1) is 30.4 Å². The van der Waals surface area contributed by atoms with Gasteiger partial charge in [-0.3, -0.25) is 19.3 Å². The van der Waals surface area contributed by atoms with Crippen LogP contribution in [0.25, 0.3) is 0 Å². The molecule has 0 unspecified atom stereocenters. The largest absolute Gasteiger partial charge is 0.493 e. The van der Waals surface area contributed by atoms with Crippen LogP contribution in [0, 0.1) is 5.41 Å². The molecule has 4 aliphatic rings. The third kappa shape index (κ3) is 7.53. The Hall–Kier alpha value is -3.83. The number of amides is 3. The number of para-hydroxylation sites is 1. The number of piperazine rings is 1. The topological polar surface area (TPSA) is 119 Å². The molecule has 0 aliphatic carbocycles. The summed E-state index contributed by atoms with van der Waals surface area (Å²) in [5, 5.41) is 6.27. The number of carbonyl (C=O) groups excluding carboxylic acids is 3. The van der Waals surface area contributed by atoms with Crippen LogP contribution in [0.3, 0.4) is 0 Å². The first kappa shape index (κ1) is 31.2. The van der Waals surface area contributed by atoms with E-state index in [9.17, 15) is 14.4 Å². The summed E-state index contributed by atoms with van der Waals surface area (Å²) in [6.07, 6.45) is 2.06. The van der Waals surface area contributed by atoms with E-state index < -0.39 is 12.1 Å². The molecule has 6 rings (SSSR count). The molecule has 4 heterocycles. The molecular weight excluding hydrogens is 576 g/mol. The van der Waals surface area contributed by atoms with Gasteiger partial charge in [0.2, 0.25) is 18.6 Å². The third-order valence-corrected chi connectivity index (χ3v) is 8.82. The second-order valence-electron chi connectivity index (χ2n) is 13.6. The number of fused-ring (bicyclic) bond motifs is 5. The lowest BCUT2D eigenvalue weighted by molar-refractivity contribution is -0.131. The summed E-state index contributed by atoms with van der Waals surface area (Å²) >= 11 is 0. The monoisotopic (exact) mass is 620 g/mol. The van der Waals surface area contributed by atoms with Crippen molar-refractivity contribution in [3.05, 3.63) is 53.6 Å². The minimum atomic E-state index is -0.732. The molecule has 2 N–H and O–H groups in total. The molecule has 0 spiro atoms. The first-order valence-corrected chi connectivity index (χ1v) is 16.0. The van der Waals surface area contributed by atoms with Crippen molar-refractivity contribution in [2.75, 3.05) is 39.6 Å². The number of benzene rings is 2. The first-order valence-electron chi connectivity index (χ1n) is 16.0. The molecule has 0 aromatic heterocycles. The van der Waals surface area contributed by atoms with Crippen molar-refractivity contribution < 1.29 is 33.3 Å². The molecule has 45 heavy (non-hydrogen) atoms. The van der Waals surface area contributed by atoms with Crippen molar-refractivity contribution in [3.63, 3.8) is 0 Å². The van der Waals surface area contributed by atoms with Gasteiger partial charge in [0, 0.05) is 45.6 Å². The second-order valence-corrected chi connectivity index (χ2v) is 13.6. The van der Waals surface area contributed by atoms with Crippen LogP contribution in [0.2, 0.25) is 0 Å². The summed E-state index contributed by atoms with van der Waals surface area (Å²) in [4.78, 5) is 44.7. The summed E-state index contributed by atoms with van der Waals surface area (Å²) in [6, 6.07) is 12.1. The summed E-state index contributed by atoms with van der Waals surface area (Å²) < 4.78 is 23.6. The Morgan fingerprint density at radius 2 is 1.80 bits per heavy atom. The second kappa shape index (κ2) is 13.3. The zero-order valence-electron chi connectivity index (χ0n) is 26.4. The molecule has 2 bridgehead atoms. The molecule has 2 aromatic carbocycles. The van der Waals surface area contributed by atoms with Crippen LogP contribution >= 0.6 is 0 Å². The zero-order valence-corrected chi connectivity index (χ0v) is 26.4. The van der Waals surface area contributed by atoms with Gasteiger partial charge >= 0.3 is 0 Å². The molecule has 2 saturated heterocycles. The number of nitrogens with one attached hydrogen (secondary N) is 2. The number of rotatable bonds is 4. The molecule has 242 valence electrons. The summed E-state index contributed by atoms with van der Waals surface area (Å²) in [5.74, 6) is 1.43. The Kier molecular flexibility index (Phi) is 9.18. The van der Waals surface area contributed by atoms with E-state index in [0.29, 0.717) is 62.7 Å². The lowest BCUT2D eigenvalue weighted by Gasteiger charge is -2.42. The van der Waals surface area contributed by atoms with E-state index >= 15 is 0 Å². The third-order valence-electron chi connectivity index (χ3n) is 8.82. The van der Waals surface area contributed by atoms with Crippen molar-refractivity contribution >= 4 is 17.7 Å². The van der Waals surface area contributed by atoms with E-state index in [-0.39, 0.29) is 48.6 Å². The fraction of sp³-hybridized carbons (Fsp3) is 0.559. The fourth-order valence-corrected chi connectivity index (χ4v) is 6.56. The van der Waals surface area contributed by atoms with E-state index in [2.05, 4.69) is 15.5 Å². The highest BCUT2D eigenvalue weighted by molar-refractivity contribution is 6.00. The van der Waals surface area contributed by atoms with Crippen molar-refractivity contribution in [2.45, 2.75) is 77.3 Å². The first-order chi connectivity index (χ1) is 21.6. The Labute approximate surface area is 264 Å². The molecule has 0 saturated carbocycles. The Morgan fingerprint density at radius 1 is 0.978 bits per heavy atom. The molecule has 2 fully saturated rings. The molecule has 0 radical (unpaired) electrons. The van der Waals surface area contributed by atoms with E-state index in [1.165, 1.54) is 0 Å². The predicted molar refractivity (Wildman–Crippen MR) is 166 cm³/mol. The van der Waals surface area contributed by atoms with E-state index in [0.717, 1.165) is 24.2 Å². The minimum absolute atomic E-state index is 0.0246. The van der Waals surface area contributed by atoms with Crippen molar-refractivity contribution in [1.82, 2.24) is 20.4 Å². The van der Waals surface area contributed by atoms with Crippen molar-refractivity contribution in [1.29, 1.82) is 0 Å². The van der Waals surface area contributed by atoms with Crippen LogP contribution < -0.4 is 24.8 Å². The molecule has 4 aliphatic heterocycles. The summed E-state index contributed by atoms with van der Waals surface area (Å²) in [5.41, 5.74) is 1.34. The molecule has 4 atom stereocenters. The molecular formula is C34H44N4O7. The number of hydrogen-bond donors (Lipinski definition) is 2. The normalized spacial score (nSPS) is 25.7. The fourth-order valence-electron chi connectivity index (χ4n) is 6.56. The van der Waals surface area contributed by atoms with E-state index in [1.54, 1.807) is 17.0 Å². The maximum Gasteiger partial charge on any atom is 0.258 e. The van der Waals surface area contributed by atoms with Crippen LogP contribution in [-0.4, -0.2) is 91.4 Å². The lowest BCUT2D eigenvalue weighted by atomic mass is 9.91. The Balaban J connectivity index is 1.22. The van der Waals surface area contributed by atoms with Crippen LogP contribution in [0.5, 0.6) is 17.2 Å². The van der Waals surface area contributed by atoms with Crippen LogP contribution in [0.4, 0.5) is 0 Å². The highest BCUT2D eigenvalue weighted by Crippen LogP contribution is 2.33. The van der Waals surface area contributed by atoms with Gasteiger partial charge in [0.1, 0.15) is 11.8 Å². The quantitative estimate of drug-likeness (QED) is 0.536. The lowest BCUT2D eigenvalue weighted by Crippen LogP contribution is -2.62. The number of ether oxygens (including phenoxy) is 4. The maximum absolute atomic E-state index is 14.0. The van der Waals surface area contributed by atoms with Crippen LogP contribution in [0.15, 0.2) is 42.5 Å². The van der Waals surface area contributed by atoms with Crippen molar-refractivity contribution in [3.8, 4) is 17.2 Å². The predicted octanol–water partition coefficient (Wildman–Crippen LogP) is 3.11. The Bertz CT molecular complexity index is 1410. The van der Waals surface area contributed by atoms with Crippen LogP contribution in [0.1, 0.15) is 62.4 Å². The summed E-state index contributed by atoms with van der Waals surface area (Å²) in [6.45, 7) is 8.86. The standard InChI is InChI=1S/C34H44N4O7/c1-34(2,3)17-31(39)36-25-10-9-23-12-15-42-27-7-5-4-6-24(27)33(41)38-14-13-37(20-26(38)32(40)35-18-30(25)45-23)19-22-8-11-28-29(16-22)44-21-43-28/h4-8,11,16,23,25-26,30H,9-10,12-15,17-21H2,1-3H3,(H,35,40)(H,36,39)/t23-,25+,26-,30+/m0/s1. The van der Waals surface area contributed by atoms with Gasteiger partial charge in [-0.25, -0.2) is 0 Å². The van der Waals surface area contributed by atoms with E-state index in [4.69, 9.17) is 18.9 Å². The smallest absolute Gasteiger partial charge is 0.258 e. The van der Waals surface area contributed by atoms with Gasteiger partial charge < -0.3 is 34.5 Å². The number of carbonyl (C=O) groups is 3. The zero-order chi connectivity index (χ0) is 31.6. The van der Waals surface area contributed by atoms with E-state index in [1.807, 2.05) is 51.1 Å². The summed E-state index contributed by atoms with van der Waals surface area (Å²) in [7, 11) is 0. The van der Waals surface area contributed by atoms with Gasteiger partial charge in [-0.2, -0.15) is 0 Å². The van der Waals surface area contributed by atoms with Gasteiger partial charge in [-0.1, -0.05) is 39.0 Å². The number of nitrogens with zero attached hydrogens (tertiary/aromatic N) is 2. The molecule has 2 aromatic rings. The molecule has 3 amide bonds. The van der Waals surface area contributed by atoms with Gasteiger partial charge in [-0.15, -0.1) is 0 Å². The molecule has 11 nitrogen and oxygen atoms in total. The Morgan fingerprint density at radius 3 is 2.64 bits per heavy atom. The van der Waals surface area contributed by atoms with Gasteiger partial charge in [0.25, 0.3) is 5.91 Å². The van der Waals surface area contributed by atoms with Crippen molar-refractivity contribution in [2.24, 2.45) is 5.41 Å². The highest BCUT2D eigenvalue weighted by Gasteiger charge is 2.39. The molecule has 11 heteroatoms. The average Bonchev–Trinajstić information content (AvgIpc) is 3.47.